The first-order valence-corrected chi connectivity index (χ1v) is 6.17. The van der Waals surface area contributed by atoms with Gasteiger partial charge in [0, 0.05) is 24.1 Å². The summed E-state index contributed by atoms with van der Waals surface area (Å²) in [5.74, 6) is 1.98. The summed E-state index contributed by atoms with van der Waals surface area (Å²) in [5.41, 5.74) is 6.85. The Labute approximate surface area is 111 Å². The van der Waals surface area contributed by atoms with Crippen LogP contribution in [-0.2, 0) is 13.0 Å². The molecule has 2 rings (SSSR count). The molecule has 0 aliphatic carbocycles. The molecule has 4 nitrogen and oxygen atoms in total. The Morgan fingerprint density at radius 1 is 1.22 bits per heavy atom. The highest BCUT2D eigenvalue weighted by Crippen LogP contribution is 2.13. The fourth-order valence-corrected chi connectivity index (χ4v) is 1.69. The van der Waals surface area contributed by atoms with Gasteiger partial charge in [-0.25, -0.2) is 9.97 Å². The number of nitrogen functional groups attached to an aromatic ring is 1. The van der Waals surface area contributed by atoms with Crippen LogP contribution in [0.4, 0.5) is 11.6 Å². The molecule has 5 heteroatoms. The standard InChI is InChI=1S/C13H15ClN4/c1-2-12-17-11(15)7-13(18-12)16-8-9-3-5-10(14)6-4-9/h3-7H,2,8H2,1H3,(H3,15,16,17,18). The highest BCUT2D eigenvalue weighted by Gasteiger charge is 2.01. The normalized spacial score (nSPS) is 10.3. The summed E-state index contributed by atoms with van der Waals surface area (Å²) in [4.78, 5) is 8.48. The fraction of sp³-hybridized carbons (Fsp3) is 0.231. The molecule has 0 saturated carbocycles. The van der Waals surface area contributed by atoms with E-state index in [1.807, 2.05) is 31.2 Å². The van der Waals surface area contributed by atoms with Gasteiger partial charge in [0.15, 0.2) is 0 Å². The number of nitrogens with zero attached hydrogens (tertiary/aromatic N) is 2. The summed E-state index contributed by atoms with van der Waals surface area (Å²) in [6, 6.07) is 9.41. The van der Waals surface area contributed by atoms with Crippen molar-refractivity contribution in [3.63, 3.8) is 0 Å². The van der Waals surface area contributed by atoms with Crippen molar-refractivity contribution in [1.29, 1.82) is 0 Å². The number of nitrogens with one attached hydrogen (secondary N) is 1. The van der Waals surface area contributed by atoms with Crippen LogP contribution in [0.25, 0.3) is 0 Å². The fourth-order valence-electron chi connectivity index (χ4n) is 1.56. The zero-order chi connectivity index (χ0) is 13.0. The molecule has 1 heterocycles. The van der Waals surface area contributed by atoms with E-state index in [0.717, 1.165) is 28.6 Å². The van der Waals surface area contributed by atoms with Crippen LogP contribution in [0, 0.1) is 0 Å². The number of rotatable bonds is 4. The molecule has 0 fully saturated rings. The lowest BCUT2D eigenvalue weighted by Crippen LogP contribution is -2.06. The van der Waals surface area contributed by atoms with Crippen molar-refractivity contribution < 1.29 is 0 Å². The van der Waals surface area contributed by atoms with Crippen molar-refractivity contribution >= 4 is 23.2 Å². The van der Waals surface area contributed by atoms with Crippen LogP contribution in [0.2, 0.25) is 5.02 Å². The van der Waals surface area contributed by atoms with Gasteiger partial charge in [-0.3, -0.25) is 0 Å². The third kappa shape index (κ3) is 3.34. The third-order valence-electron chi connectivity index (χ3n) is 2.50. The van der Waals surface area contributed by atoms with Crippen molar-refractivity contribution in [2.45, 2.75) is 19.9 Å². The molecule has 2 aromatic rings. The largest absolute Gasteiger partial charge is 0.384 e. The van der Waals surface area contributed by atoms with Gasteiger partial charge in [-0.15, -0.1) is 0 Å². The molecule has 1 aromatic heterocycles. The van der Waals surface area contributed by atoms with E-state index in [4.69, 9.17) is 17.3 Å². The molecule has 0 saturated heterocycles. The molecule has 18 heavy (non-hydrogen) atoms. The number of hydrogen-bond donors (Lipinski definition) is 2. The van der Waals surface area contributed by atoms with Gasteiger partial charge in [-0.05, 0) is 17.7 Å². The number of benzene rings is 1. The van der Waals surface area contributed by atoms with Crippen LogP contribution in [0.3, 0.4) is 0 Å². The zero-order valence-corrected chi connectivity index (χ0v) is 10.9. The molecule has 0 aliphatic heterocycles. The first kappa shape index (κ1) is 12.6. The van der Waals surface area contributed by atoms with Gasteiger partial charge in [0.05, 0.1) is 0 Å². The van der Waals surface area contributed by atoms with Gasteiger partial charge < -0.3 is 11.1 Å². The van der Waals surface area contributed by atoms with Gasteiger partial charge in [0.25, 0.3) is 0 Å². The van der Waals surface area contributed by atoms with Crippen LogP contribution in [0.1, 0.15) is 18.3 Å². The average Bonchev–Trinajstić information content (AvgIpc) is 2.37. The Bertz CT molecular complexity index is 525. The zero-order valence-electron chi connectivity index (χ0n) is 10.2. The van der Waals surface area contributed by atoms with Crippen LogP contribution in [0.15, 0.2) is 30.3 Å². The molecule has 0 unspecified atom stereocenters. The van der Waals surface area contributed by atoms with Crippen LogP contribution in [0.5, 0.6) is 0 Å². The summed E-state index contributed by atoms with van der Waals surface area (Å²) in [7, 11) is 0. The predicted molar refractivity (Wildman–Crippen MR) is 74.6 cm³/mol. The van der Waals surface area contributed by atoms with E-state index in [0.29, 0.717) is 12.4 Å². The maximum Gasteiger partial charge on any atom is 0.132 e. The minimum Gasteiger partial charge on any atom is -0.384 e. The van der Waals surface area contributed by atoms with E-state index in [2.05, 4.69) is 15.3 Å². The van der Waals surface area contributed by atoms with Crippen molar-refractivity contribution in [3.8, 4) is 0 Å². The monoisotopic (exact) mass is 262 g/mol. The van der Waals surface area contributed by atoms with Gasteiger partial charge in [-0.1, -0.05) is 30.7 Å². The molecule has 0 spiro atoms. The maximum atomic E-state index is 5.83. The lowest BCUT2D eigenvalue weighted by molar-refractivity contribution is 0.938. The lowest BCUT2D eigenvalue weighted by Gasteiger charge is -2.07. The Kier molecular flexibility index (Phi) is 3.99. The number of aromatic nitrogens is 2. The third-order valence-corrected chi connectivity index (χ3v) is 2.75. The Hall–Kier alpha value is -1.81. The van der Waals surface area contributed by atoms with Gasteiger partial charge >= 0.3 is 0 Å². The highest BCUT2D eigenvalue weighted by atomic mass is 35.5. The van der Waals surface area contributed by atoms with E-state index in [9.17, 15) is 0 Å². The molecule has 0 amide bonds. The van der Waals surface area contributed by atoms with E-state index >= 15 is 0 Å². The quantitative estimate of drug-likeness (QED) is 0.889. The molecule has 0 aliphatic rings. The molecule has 0 bridgehead atoms. The Morgan fingerprint density at radius 2 is 1.94 bits per heavy atom. The van der Waals surface area contributed by atoms with E-state index in [-0.39, 0.29) is 0 Å². The summed E-state index contributed by atoms with van der Waals surface area (Å²) in [6.45, 7) is 2.68. The topological polar surface area (TPSA) is 63.8 Å². The Balaban J connectivity index is 2.05. The van der Waals surface area contributed by atoms with Crippen molar-refractivity contribution in [3.05, 3.63) is 46.7 Å². The summed E-state index contributed by atoms with van der Waals surface area (Å²) < 4.78 is 0. The number of aryl methyl sites for hydroxylation is 1. The first-order chi connectivity index (χ1) is 8.67. The number of anilines is 2. The SMILES string of the molecule is CCc1nc(N)cc(NCc2ccc(Cl)cc2)n1. The summed E-state index contributed by atoms with van der Waals surface area (Å²) >= 11 is 5.83. The second kappa shape index (κ2) is 5.69. The lowest BCUT2D eigenvalue weighted by atomic mass is 10.2. The second-order valence-electron chi connectivity index (χ2n) is 3.93. The average molecular weight is 263 g/mol. The van der Waals surface area contributed by atoms with Gasteiger partial charge in [0.1, 0.15) is 17.5 Å². The molecule has 0 radical (unpaired) electrons. The minimum absolute atomic E-state index is 0.487. The second-order valence-corrected chi connectivity index (χ2v) is 4.36. The van der Waals surface area contributed by atoms with Gasteiger partial charge in [0.2, 0.25) is 0 Å². The smallest absolute Gasteiger partial charge is 0.132 e. The predicted octanol–water partition coefficient (Wildman–Crippen LogP) is 2.89. The number of hydrogen-bond acceptors (Lipinski definition) is 4. The van der Waals surface area contributed by atoms with Gasteiger partial charge in [-0.2, -0.15) is 0 Å². The molecule has 1 aromatic carbocycles. The highest BCUT2D eigenvalue weighted by molar-refractivity contribution is 6.30. The van der Waals surface area contributed by atoms with Crippen molar-refractivity contribution in [2.75, 3.05) is 11.1 Å². The first-order valence-electron chi connectivity index (χ1n) is 5.79. The molecular weight excluding hydrogens is 248 g/mol. The van der Waals surface area contributed by atoms with Crippen LogP contribution in [-0.4, -0.2) is 9.97 Å². The van der Waals surface area contributed by atoms with Crippen LogP contribution < -0.4 is 11.1 Å². The maximum absolute atomic E-state index is 5.83. The van der Waals surface area contributed by atoms with E-state index in [1.165, 1.54) is 0 Å². The van der Waals surface area contributed by atoms with E-state index < -0.39 is 0 Å². The van der Waals surface area contributed by atoms with Crippen molar-refractivity contribution in [2.24, 2.45) is 0 Å². The minimum atomic E-state index is 0.487. The van der Waals surface area contributed by atoms with Crippen LogP contribution >= 0.6 is 11.6 Å². The van der Waals surface area contributed by atoms with E-state index in [1.54, 1.807) is 6.07 Å². The number of halogens is 1. The van der Waals surface area contributed by atoms with Crippen molar-refractivity contribution in [1.82, 2.24) is 9.97 Å². The summed E-state index contributed by atoms with van der Waals surface area (Å²) in [6.07, 6.45) is 0.765. The molecule has 0 atom stereocenters. The molecular formula is C13H15ClN4. The molecule has 3 N–H and O–H groups in total. The summed E-state index contributed by atoms with van der Waals surface area (Å²) in [5, 5.41) is 3.96. The Morgan fingerprint density at radius 3 is 2.61 bits per heavy atom. The number of nitrogens with two attached hydrogens (primary N) is 1. The molecule has 94 valence electrons.